The first-order valence-electron chi connectivity index (χ1n) is 7.47. The van der Waals surface area contributed by atoms with E-state index in [0.717, 1.165) is 17.7 Å². The number of hydrogen-bond donors (Lipinski definition) is 1. The molecule has 0 atom stereocenters. The van der Waals surface area contributed by atoms with Crippen molar-refractivity contribution in [2.24, 2.45) is 0 Å². The van der Waals surface area contributed by atoms with Crippen LogP contribution in [0.25, 0.3) is 0 Å². The molecule has 1 N–H and O–H groups in total. The highest BCUT2D eigenvalue weighted by atomic mass is 32.1. The number of amides is 1. The first-order valence-corrected chi connectivity index (χ1v) is 8.28. The molecule has 2 rings (SSSR count). The van der Waals surface area contributed by atoms with Crippen molar-refractivity contribution in [2.45, 2.75) is 45.1 Å². The van der Waals surface area contributed by atoms with Gasteiger partial charge in [-0.15, -0.1) is 11.3 Å². The van der Waals surface area contributed by atoms with E-state index in [0.29, 0.717) is 18.3 Å². The number of rotatable bonds is 3. The Morgan fingerprint density at radius 1 is 1.30 bits per heavy atom. The number of esters is 1. The van der Waals surface area contributed by atoms with Crippen molar-refractivity contribution in [3.05, 3.63) is 10.6 Å². The molecule has 1 saturated heterocycles. The summed E-state index contributed by atoms with van der Waals surface area (Å²) in [6.07, 6.45) is 1.04. The first-order chi connectivity index (χ1) is 10.8. The Morgan fingerprint density at radius 2 is 1.96 bits per heavy atom. The number of carbonyl (C=O) groups is 2. The summed E-state index contributed by atoms with van der Waals surface area (Å²) >= 11 is 1.28. The average Bonchev–Trinajstić information content (AvgIpc) is 2.89. The average molecular weight is 342 g/mol. The van der Waals surface area contributed by atoms with Crippen molar-refractivity contribution in [1.29, 1.82) is 0 Å². The van der Waals surface area contributed by atoms with Gasteiger partial charge in [0.25, 0.3) is 0 Å². The van der Waals surface area contributed by atoms with Gasteiger partial charge in [0.2, 0.25) is 0 Å². The van der Waals surface area contributed by atoms with Gasteiger partial charge >= 0.3 is 12.1 Å². The van der Waals surface area contributed by atoms with Gasteiger partial charge in [0.15, 0.2) is 10.8 Å². The van der Waals surface area contributed by atoms with Crippen molar-refractivity contribution in [3.63, 3.8) is 0 Å². The third-order valence-electron chi connectivity index (χ3n) is 3.23. The van der Waals surface area contributed by atoms with E-state index in [1.807, 2.05) is 0 Å². The van der Waals surface area contributed by atoms with Gasteiger partial charge in [-0.2, -0.15) is 0 Å². The number of aromatic nitrogens is 1. The molecule has 1 aliphatic rings. The predicted molar refractivity (Wildman–Crippen MR) is 86.1 cm³/mol. The van der Waals surface area contributed by atoms with E-state index in [1.165, 1.54) is 18.4 Å². The highest BCUT2D eigenvalue weighted by Gasteiger charge is 2.28. The molecule has 1 aliphatic heterocycles. The quantitative estimate of drug-likeness (QED) is 0.849. The summed E-state index contributed by atoms with van der Waals surface area (Å²) in [5, 5.41) is 2.92. The molecule has 8 heteroatoms. The molecule has 0 radical (unpaired) electrons. The molecule has 23 heavy (non-hydrogen) atoms. The third-order valence-corrected chi connectivity index (χ3v) is 4.37. The second-order valence-electron chi connectivity index (χ2n) is 6.24. The first kappa shape index (κ1) is 17.7. The molecule has 0 aliphatic carbocycles. The Kier molecular flexibility index (Phi) is 5.59. The summed E-state index contributed by atoms with van der Waals surface area (Å²) in [6, 6.07) is 0. The normalized spacial score (nSPS) is 16.0. The number of hydrogen-bond acceptors (Lipinski definition) is 7. The molecule has 1 aromatic rings. The van der Waals surface area contributed by atoms with Crippen LogP contribution in [0.15, 0.2) is 0 Å². The molecule has 1 fully saturated rings. The maximum atomic E-state index is 12.0. The summed E-state index contributed by atoms with van der Waals surface area (Å²) < 4.78 is 15.4. The van der Waals surface area contributed by atoms with Crippen LogP contribution in [0.3, 0.4) is 0 Å². The molecule has 1 amide bonds. The van der Waals surface area contributed by atoms with Gasteiger partial charge in [0.1, 0.15) is 5.60 Å². The lowest BCUT2D eigenvalue weighted by Gasteiger charge is -2.21. The summed E-state index contributed by atoms with van der Waals surface area (Å²) in [7, 11) is 1.32. The van der Waals surface area contributed by atoms with E-state index in [1.54, 1.807) is 20.8 Å². The van der Waals surface area contributed by atoms with Crippen LogP contribution in [0.1, 0.15) is 54.9 Å². The maximum absolute atomic E-state index is 12.0. The Labute approximate surface area is 139 Å². The largest absolute Gasteiger partial charge is 0.464 e. The van der Waals surface area contributed by atoms with Crippen LogP contribution in [-0.4, -0.2) is 43.0 Å². The predicted octanol–water partition coefficient (Wildman–Crippen LogP) is 3.17. The maximum Gasteiger partial charge on any atom is 0.413 e. The highest BCUT2D eigenvalue weighted by molar-refractivity contribution is 7.16. The van der Waals surface area contributed by atoms with Crippen molar-refractivity contribution in [3.8, 4) is 0 Å². The van der Waals surface area contributed by atoms with E-state index < -0.39 is 17.7 Å². The lowest BCUT2D eigenvalue weighted by Crippen LogP contribution is -2.27. The zero-order valence-electron chi connectivity index (χ0n) is 13.8. The van der Waals surface area contributed by atoms with Crippen LogP contribution in [-0.2, 0) is 14.2 Å². The van der Waals surface area contributed by atoms with E-state index in [4.69, 9.17) is 14.2 Å². The van der Waals surface area contributed by atoms with Crippen LogP contribution in [0.2, 0.25) is 0 Å². The molecular formula is C15H22N2O5S. The van der Waals surface area contributed by atoms with Gasteiger partial charge < -0.3 is 14.2 Å². The number of thiazole rings is 1. The Balaban J connectivity index is 2.19. The molecule has 2 heterocycles. The summed E-state index contributed by atoms with van der Waals surface area (Å²) in [4.78, 5) is 28.9. The number of nitrogens with one attached hydrogen (secondary N) is 1. The Bertz CT molecular complexity index is 573. The lowest BCUT2D eigenvalue weighted by atomic mass is 9.97. The minimum Gasteiger partial charge on any atom is -0.464 e. The summed E-state index contributed by atoms with van der Waals surface area (Å²) in [6.45, 7) is 6.64. The van der Waals surface area contributed by atoms with Gasteiger partial charge in [-0.1, -0.05) is 0 Å². The topological polar surface area (TPSA) is 86.8 Å². The van der Waals surface area contributed by atoms with Crippen molar-refractivity contribution < 1.29 is 23.8 Å². The fourth-order valence-corrected chi connectivity index (χ4v) is 3.36. The number of anilines is 1. The lowest BCUT2D eigenvalue weighted by molar-refractivity contribution is 0.0583. The van der Waals surface area contributed by atoms with Crippen LogP contribution in [0.4, 0.5) is 9.93 Å². The molecule has 7 nitrogen and oxygen atoms in total. The molecular weight excluding hydrogens is 320 g/mol. The minimum atomic E-state index is -0.601. The van der Waals surface area contributed by atoms with Crippen molar-refractivity contribution >= 4 is 28.5 Å². The van der Waals surface area contributed by atoms with Crippen molar-refractivity contribution in [2.75, 3.05) is 25.6 Å². The molecule has 128 valence electrons. The zero-order chi connectivity index (χ0) is 17.0. The second-order valence-corrected chi connectivity index (χ2v) is 7.27. The number of carbonyl (C=O) groups excluding carboxylic acids is 2. The minimum absolute atomic E-state index is 0.185. The Morgan fingerprint density at radius 3 is 2.52 bits per heavy atom. The zero-order valence-corrected chi connectivity index (χ0v) is 14.6. The SMILES string of the molecule is COC(=O)c1nc(NC(=O)OC(C)(C)C)sc1C1CCOCC1. The second kappa shape index (κ2) is 7.27. The molecule has 0 spiro atoms. The fourth-order valence-electron chi connectivity index (χ4n) is 2.26. The fraction of sp³-hybridized carbons (Fsp3) is 0.667. The summed E-state index contributed by atoms with van der Waals surface area (Å²) in [5.41, 5.74) is -0.341. The van der Waals surface area contributed by atoms with Crippen LogP contribution < -0.4 is 5.32 Å². The van der Waals surface area contributed by atoms with Gasteiger partial charge in [0, 0.05) is 24.0 Å². The van der Waals surface area contributed by atoms with Crippen LogP contribution >= 0.6 is 11.3 Å². The summed E-state index contributed by atoms with van der Waals surface area (Å²) in [5.74, 6) is -0.315. The van der Waals surface area contributed by atoms with E-state index in [9.17, 15) is 9.59 Å². The molecule has 0 saturated carbocycles. The smallest absolute Gasteiger partial charge is 0.413 e. The van der Waals surface area contributed by atoms with Crippen LogP contribution in [0, 0.1) is 0 Å². The van der Waals surface area contributed by atoms with E-state index in [2.05, 4.69) is 10.3 Å². The highest BCUT2D eigenvalue weighted by Crippen LogP contribution is 2.36. The van der Waals surface area contributed by atoms with Gasteiger partial charge in [-0.25, -0.2) is 14.6 Å². The van der Waals surface area contributed by atoms with E-state index in [-0.39, 0.29) is 11.6 Å². The standard InChI is InChI=1S/C15H22N2O5S/c1-15(2,3)22-14(19)17-13-16-10(12(18)20-4)11(23-13)9-5-7-21-8-6-9/h9H,5-8H2,1-4H3,(H,16,17,19). The monoisotopic (exact) mass is 342 g/mol. The third kappa shape index (κ3) is 4.90. The van der Waals surface area contributed by atoms with E-state index >= 15 is 0 Å². The molecule has 0 aromatic carbocycles. The van der Waals surface area contributed by atoms with Crippen LogP contribution in [0.5, 0.6) is 0 Å². The van der Waals surface area contributed by atoms with Gasteiger partial charge in [-0.3, -0.25) is 5.32 Å². The Hall–Kier alpha value is -1.67. The number of methoxy groups -OCH3 is 1. The molecule has 1 aromatic heterocycles. The number of nitrogens with zero attached hydrogens (tertiary/aromatic N) is 1. The molecule has 0 bridgehead atoms. The van der Waals surface area contributed by atoms with Gasteiger partial charge in [-0.05, 0) is 33.6 Å². The van der Waals surface area contributed by atoms with Gasteiger partial charge in [0.05, 0.1) is 7.11 Å². The molecule has 0 unspecified atom stereocenters. The number of ether oxygens (including phenoxy) is 3. The van der Waals surface area contributed by atoms with Crippen molar-refractivity contribution in [1.82, 2.24) is 4.98 Å².